The summed E-state index contributed by atoms with van der Waals surface area (Å²) in [5, 5.41) is 0. The largest absolute Gasteiger partial charge is 0.493 e. The summed E-state index contributed by atoms with van der Waals surface area (Å²) in [5.41, 5.74) is 2.06. The number of methoxy groups -OCH3 is 2. The molecule has 0 aromatic heterocycles. The van der Waals surface area contributed by atoms with E-state index in [1.807, 2.05) is 38.1 Å². The molecule has 2 aromatic carbocycles. The highest BCUT2D eigenvalue weighted by Crippen LogP contribution is 2.31. The highest BCUT2D eigenvalue weighted by molar-refractivity contribution is 7.89. The Morgan fingerprint density at radius 3 is 2.29 bits per heavy atom. The number of ether oxygens (including phenoxy) is 2. The molecule has 130 valence electrons. The lowest BCUT2D eigenvalue weighted by atomic mass is 10.1. The Balaban J connectivity index is 2.36. The van der Waals surface area contributed by atoms with E-state index in [1.54, 1.807) is 6.07 Å². The smallest absolute Gasteiger partial charge is 0.243 e. The van der Waals surface area contributed by atoms with Crippen LogP contribution in [-0.4, -0.2) is 33.5 Å². The van der Waals surface area contributed by atoms with Crippen molar-refractivity contribution in [1.29, 1.82) is 0 Å². The van der Waals surface area contributed by atoms with E-state index in [0.717, 1.165) is 11.1 Å². The molecule has 5 nitrogen and oxygen atoms in total. The minimum atomic E-state index is -3.62. The minimum Gasteiger partial charge on any atom is -0.493 e. The summed E-state index contributed by atoms with van der Waals surface area (Å²) in [5.74, 6) is 0.892. The van der Waals surface area contributed by atoms with Crippen LogP contribution in [0.1, 0.15) is 18.1 Å². The topological polar surface area (TPSA) is 55.8 Å². The Kier molecular flexibility index (Phi) is 5.85. The molecule has 0 unspecified atom stereocenters. The summed E-state index contributed by atoms with van der Waals surface area (Å²) < 4.78 is 37.7. The Morgan fingerprint density at radius 1 is 1.00 bits per heavy atom. The van der Waals surface area contributed by atoms with Crippen LogP contribution in [0, 0.1) is 6.92 Å². The second-order valence-corrected chi connectivity index (χ2v) is 7.37. The molecule has 0 heterocycles. The van der Waals surface area contributed by atoms with E-state index in [-0.39, 0.29) is 4.90 Å². The van der Waals surface area contributed by atoms with Crippen molar-refractivity contribution in [3.8, 4) is 11.5 Å². The number of rotatable bonds is 7. The lowest BCUT2D eigenvalue weighted by Gasteiger charge is -2.21. The van der Waals surface area contributed by atoms with E-state index in [4.69, 9.17) is 9.47 Å². The third-order valence-electron chi connectivity index (χ3n) is 3.79. The standard InChI is InChI=1S/C18H23NO4S/c1-5-19(13-15-8-6-7-14(2)11-15)24(20,21)16-9-10-17(22-3)18(12-16)23-4/h6-12H,5,13H2,1-4H3. The molecule has 0 amide bonds. The van der Waals surface area contributed by atoms with Crippen LogP contribution in [0.2, 0.25) is 0 Å². The van der Waals surface area contributed by atoms with Gasteiger partial charge in [0.1, 0.15) is 0 Å². The summed E-state index contributed by atoms with van der Waals surface area (Å²) in [6, 6.07) is 12.5. The summed E-state index contributed by atoms with van der Waals surface area (Å²) in [6.45, 7) is 4.52. The molecule has 0 atom stereocenters. The molecule has 24 heavy (non-hydrogen) atoms. The molecule has 0 aliphatic heterocycles. The van der Waals surface area contributed by atoms with E-state index in [0.29, 0.717) is 24.6 Å². The molecule has 0 spiro atoms. The van der Waals surface area contributed by atoms with E-state index in [9.17, 15) is 8.42 Å². The predicted octanol–water partition coefficient (Wildman–Crippen LogP) is 3.22. The first-order chi connectivity index (χ1) is 11.4. The zero-order chi connectivity index (χ0) is 17.7. The molecule has 6 heteroatoms. The van der Waals surface area contributed by atoms with Gasteiger partial charge in [0.15, 0.2) is 11.5 Å². The van der Waals surface area contributed by atoms with Gasteiger partial charge in [-0.25, -0.2) is 8.42 Å². The third-order valence-corrected chi connectivity index (χ3v) is 5.70. The van der Waals surface area contributed by atoms with Crippen LogP contribution in [-0.2, 0) is 16.6 Å². The van der Waals surface area contributed by atoms with E-state index in [1.165, 1.54) is 30.7 Å². The zero-order valence-corrected chi connectivity index (χ0v) is 15.3. The molecule has 0 fully saturated rings. The van der Waals surface area contributed by atoms with Gasteiger partial charge in [-0.15, -0.1) is 0 Å². The zero-order valence-electron chi connectivity index (χ0n) is 14.4. The van der Waals surface area contributed by atoms with E-state index in [2.05, 4.69) is 0 Å². The lowest BCUT2D eigenvalue weighted by molar-refractivity contribution is 0.353. The molecule has 2 rings (SSSR count). The second kappa shape index (κ2) is 7.68. The van der Waals surface area contributed by atoms with Crippen molar-refractivity contribution in [1.82, 2.24) is 4.31 Å². The first-order valence-corrected chi connectivity index (χ1v) is 9.14. The van der Waals surface area contributed by atoms with Crippen LogP contribution in [0.15, 0.2) is 47.4 Å². The molecule has 0 aliphatic rings. The molecule has 0 bridgehead atoms. The summed E-state index contributed by atoms with van der Waals surface area (Å²) in [6.07, 6.45) is 0. The van der Waals surface area contributed by atoms with Gasteiger partial charge in [-0.2, -0.15) is 4.31 Å². The number of aryl methyl sites for hydroxylation is 1. The van der Waals surface area contributed by atoms with Gasteiger partial charge in [-0.05, 0) is 24.6 Å². The van der Waals surface area contributed by atoms with Gasteiger partial charge >= 0.3 is 0 Å². The van der Waals surface area contributed by atoms with Crippen molar-refractivity contribution in [2.24, 2.45) is 0 Å². The lowest BCUT2D eigenvalue weighted by Crippen LogP contribution is -2.30. The van der Waals surface area contributed by atoms with Crippen LogP contribution in [0.25, 0.3) is 0 Å². The fraction of sp³-hybridized carbons (Fsp3) is 0.333. The van der Waals surface area contributed by atoms with Crippen molar-refractivity contribution in [3.63, 3.8) is 0 Å². The van der Waals surface area contributed by atoms with Crippen molar-refractivity contribution in [2.45, 2.75) is 25.3 Å². The Bertz CT molecular complexity index is 802. The maximum Gasteiger partial charge on any atom is 0.243 e. The SMILES string of the molecule is CCN(Cc1cccc(C)c1)S(=O)(=O)c1ccc(OC)c(OC)c1. The van der Waals surface area contributed by atoms with Crippen LogP contribution in [0.4, 0.5) is 0 Å². The summed E-state index contributed by atoms with van der Waals surface area (Å²) >= 11 is 0. The maximum absolute atomic E-state index is 13.0. The Hall–Kier alpha value is -2.05. The van der Waals surface area contributed by atoms with Gasteiger partial charge in [-0.1, -0.05) is 36.8 Å². The molecule has 0 N–H and O–H groups in total. The fourth-order valence-corrected chi connectivity index (χ4v) is 3.96. The van der Waals surface area contributed by atoms with E-state index >= 15 is 0 Å². The Morgan fingerprint density at radius 2 is 1.71 bits per heavy atom. The molecule has 0 saturated heterocycles. The Labute approximate surface area is 143 Å². The fourth-order valence-electron chi connectivity index (χ4n) is 2.51. The quantitative estimate of drug-likeness (QED) is 0.770. The number of hydrogen-bond donors (Lipinski definition) is 0. The highest BCUT2D eigenvalue weighted by Gasteiger charge is 2.24. The van der Waals surface area contributed by atoms with Crippen LogP contribution in [0.3, 0.4) is 0 Å². The summed E-state index contributed by atoms with van der Waals surface area (Å²) in [4.78, 5) is 0.189. The number of benzene rings is 2. The first-order valence-electron chi connectivity index (χ1n) is 7.70. The van der Waals surface area contributed by atoms with Gasteiger partial charge in [0.05, 0.1) is 19.1 Å². The van der Waals surface area contributed by atoms with Crippen molar-refractivity contribution >= 4 is 10.0 Å². The van der Waals surface area contributed by atoms with Gasteiger partial charge in [0, 0.05) is 19.2 Å². The number of hydrogen-bond acceptors (Lipinski definition) is 4. The normalized spacial score (nSPS) is 11.5. The van der Waals surface area contributed by atoms with Crippen LogP contribution < -0.4 is 9.47 Å². The maximum atomic E-state index is 13.0. The van der Waals surface area contributed by atoms with Gasteiger partial charge in [0.2, 0.25) is 10.0 Å². The van der Waals surface area contributed by atoms with Crippen molar-refractivity contribution in [2.75, 3.05) is 20.8 Å². The molecule has 0 aliphatic carbocycles. The first kappa shape index (κ1) is 18.3. The average Bonchev–Trinajstić information content (AvgIpc) is 2.58. The third kappa shape index (κ3) is 3.88. The molecule has 2 aromatic rings. The van der Waals surface area contributed by atoms with Crippen molar-refractivity contribution < 1.29 is 17.9 Å². The molecule has 0 saturated carbocycles. The van der Waals surface area contributed by atoms with Crippen LogP contribution >= 0.6 is 0 Å². The molecular weight excluding hydrogens is 326 g/mol. The van der Waals surface area contributed by atoms with Gasteiger partial charge in [-0.3, -0.25) is 0 Å². The van der Waals surface area contributed by atoms with E-state index < -0.39 is 10.0 Å². The predicted molar refractivity (Wildman–Crippen MR) is 94.0 cm³/mol. The molecular formula is C18H23NO4S. The average molecular weight is 349 g/mol. The minimum absolute atomic E-state index is 0.189. The number of sulfonamides is 1. The summed E-state index contributed by atoms with van der Waals surface area (Å²) in [7, 11) is -0.621. The van der Waals surface area contributed by atoms with Gasteiger partial charge < -0.3 is 9.47 Å². The van der Waals surface area contributed by atoms with Gasteiger partial charge in [0.25, 0.3) is 0 Å². The molecule has 0 radical (unpaired) electrons. The van der Waals surface area contributed by atoms with Crippen LogP contribution in [0.5, 0.6) is 11.5 Å². The monoisotopic (exact) mass is 349 g/mol. The second-order valence-electron chi connectivity index (χ2n) is 5.44. The number of nitrogens with zero attached hydrogens (tertiary/aromatic N) is 1. The highest BCUT2D eigenvalue weighted by atomic mass is 32.2. The van der Waals surface area contributed by atoms with Crippen molar-refractivity contribution in [3.05, 3.63) is 53.6 Å².